The molecule has 3 heterocycles. The third-order valence-corrected chi connectivity index (χ3v) is 5.86. The van der Waals surface area contributed by atoms with Crippen molar-refractivity contribution >= 4 is 44.9 Å². The number of nitrogen functional groups attached to an aromatic ring is 1. The first-order chi connectivity index (χ1) is 12.1. The Bertz CT molecular complexity index is 936. The van der Waals surface area contributed by atoms with Crippen LogP contribution in [0.4, 0.5) is 5.82 Å². The van der Waals surface area contributed by atoms with E-state index in [1.807, 2.05) is 18.2 Å². The molecule has 0 spiro atoms. The van der Waals surface area contributed by atoms with Crippen molar-refractivity contribution in [3.8, 4) is 0 Å². The van der Waals surface area contributed by atoms with Crippen LogP contribution in [0.1, 0.15) is 34.3 Å². The maximum absolute atomic E-state index is 12.6. The maximum atomic E-state index is 12.6. The summed E-state index contributed by atoms with van der Waals surface area (Å²) in [5.41, 5.74) is 6.94. The third kappa shape index (κ3) is 3.17. The molecule has 0 bridgehead atoms. The monoisotopic (exact) mass is 373 g/mol. The van der Waals surface area contributed by atoms with Crippen molar-refractivity contribution in [2.75, 3.05) is 18.8 Å². The Hall–Kier alpha value is -2.25. The Kier molecular flexibility index (Phi) is 4.27. The van der Waals surface area contributed by atoms with Crippen LogP contribution in [-0.4, -0.2) is 38.8 Å². The van der Waals surface area contributed by atoms with Crippen molar-refractivity contribution < 1.29 is 4.79 Å². The van der Waals surface area contributed by atoms with Gasteiger partial charge in [-0.2, -0.15) is 0 Å². The molecule has 0 unspecified atom stereocenters. The number of nitrogens with two attached hydrogens (primary N) is 1. The molecule has 0 saturated carbocycles. The molecule has 6 nitrogen and oxygen atoms in total. The Morgan fingerprint density at radius 3 is 2.76 bits per heavy atom. The molecule has 1 saturated heterocycles. The highest BCUT2D eigenvalue weighted by atomic mass is 35.5. The van der Waals surface area contributed by atoms with Crippen molar-refractivity contribution in [1.82, 2.24) is 19.9 Å². The van der Waals surface area contributed by atoms with Crippen molar-refractivity contribution in [2.24, 2.45) is 0 Å². The van der Waals surface area contributed by atoms with Crippen LogP contribution in [0.15, 0.2) is 30.6 Å². The lowest BCUT2D eigenvalue weighted by Crippen LogP contribution is -2.38. The topological polar surface area (TPSA) is 85.0 Å². The van der Waals surface area contributed by atoms with Gasteiger partial charge in [-0.3, -0.25) is 4.79 Å². The summed E-state index contributed by atoms with van der Waals surface area (Å²) < 4.78 is 1.14. The zero-order chi connectivity index (χ0) is 17.4. The van der Waals surface area contributed by atoms with Gasteiger partial charge in [0, 0.05) is 36.4 Å². The molecule has 4 rings (SSSR count). The van der Waals surface area contributed by atoms with E-state index in [9.17, 15) is 4.79 Å². The average molecular weight is 374 g/mol. The van der Waals surface area contributed by atoms with Crippen LogP contribution >= 0.6 is 22.9 Å². The van der Waals surface area contributed by atoms with E-state index in [1.165, 1.54) is 12.4 Å². The predicted octanol–water partition coefficient (Wildman–Crippen LogP) is 3.34. The number of hydrogen-bond acceptors (Lipinski definition) is 6. The summed E-state index contributed by atoms with van der Waals surface area (Å²) in [6.07, 6.45) is 4.72. The van der Waals surface area contributed by atoms with E-state index in [1.54, 1.807) is 16.2 Å². The van der Waals surface area contributed by atoms with Crippen LogP contribution in [0.3, 0.4) is 0 Å². The fourth-order valence-electron chi connectivity index (χ4n) is 3.09. The molecule has 0 atom stereocenters. The lowest BCUT2D eigenvalue weighted by Gasteiger charge is -2.30. The number of nitrogens with zero attached hydrogens (tertiary/aromatic N) is 4. The van der Waals surface area contributed by atoms with Gasteiger partial charge in [-0.05, 0) is 31.0 Å². The number of rotatable bonds is 2. The summed E-state index contributed by atoms with van der Waals surface area (Å²) in [5.74, 6) is 0.386. The summed E-state index contributed by atoms with van der Waals surface area (Å²) in [6.45, 7) is 1.33. The molecule has 2 N–H and O–H groups in total. The molecule has 8 heteroatoms. The minimum atomic E-state index is -0.153. The highest BCUT2D eigenvalue weighted by Gasteiger charge is 2.28. The van der Waals surface area contributed by atoms with Crippen molar-refractivity contribution in [3.63, 3.8) is 0 Å². The van der Waals surface area contributed by atoms with Crippen LogP contribution in [0, 0.1) is 0 Å². The summed E-state index contributed by atoms with van der Waals surface area (Å²) in [7, 11) is 0. The number of hydrogen-bond donors (Lipinski definition) is 1. The van der Waals surface area contributed by atoms with Crippen molar-refractivity contribution in [3.05, 3.63) is 46.3 Å². The normalized spacial score (nSPS) is 15.6. The SMILES string of the molecule is Nc1nccnc1C(=O)N1CCC(c2nc3cc(Cl)ccc3s2)CC1. The van der Waals surface area contributed by atoms with Gasteiger partial charge in [0.15, 0.2) is 11.5 Å². The largest absolute Gasteiger partial charge is 0.382 e. The predicted molar refractivity (Wildman–Crippen MR) is 99.0 cm³/mol. The van der Waals surface area contributed by atoms with E-state index in [0.29, 0.717) is 24.0 Å². The molecular formula is C17H16ClN5OS. The van der Waals surface area contributed by atoms with Gasteiger partial charge in [-0.1, -0.05) is 11.6 Å². The van der Waals surface area contributed by atoms with Gasteiger partial charge in [0.05, 0.1) is 15.2 Å². The van der Waals surface area contributed by atoms with Crippen LogP contribution in [0.5, 0.6) is 0 Å². The summed E-state index contributed by atoms with van der Waals surface area (Å²) in [4.78, 5) is 27.1. The van der Waals surface area contributed by atoms with Gasteiger partial charge >= 0.3 is 0 Å². The smallest absolute Gasteiger partial charge is 0.276 e. The molecule has 128 valence electrons. The molecule has 0 aliphatic carbocycles. The van der Waals surface area contributed by atoms with Crippen LogP contribution in [0.25, 0.3) is 10.2 Å². The second kappa shape index (κ2) is 6.57. The number of piperidine rings is 1. The second-order valence-corrected chi connectivity index (χ2v) is 7.52. The van der Waals surface area contributed by atoms with Gasteiger partial charge in [0.1, 0.15) is 0 Å². The number of benzene rings is 1. The molecular weight excluding hydrogens is 358 g/mol. The van der Waals surface area contributed by atoms with Gasteiger partial charge in [-0.25, -0.2) is 15.0 Å². The van der Waals surface area contributed by atoms with E-state index in [4.69, 9.17) is 22.3 Å². The number of anilines is 1. The quantitative estimate of drug-likeness (QED) is 0.744. The zero-order valence-electron chi connectivity index (χ0n) is 13.4. The van der Waals surface area contributed by atoms with E-state index < -0.39 is 0 Å². The van der Waals surface area contributed by atoms with E-state index >= 15 is 0 Å². The summed E-state index contributed by atoms with van der Waals surface area (Å²) >= 11 is 7.74. The van der Waals surface area contributed by atoms with Crippen LogP contribution in [0.2, 0.25) is 5.02 Å². The Morgan fingerprint density at radius 2 is 2.00 bits per heavy atom. The van der Waals surface area contributed by atoms with Gasteiger partial charge < -0.3 is 10.6 Å². The number of amides is 1. The maximum Gasteiger partial charge on any atom is 0.276 e. The fraction of sp³-hybridized carbons (Fsp3) is 0.294. The van der Waals surface area contributed by atoms with E-state index in [2.05, 4.69) is 9.97 Å². The van der Waals surface area contributed by atoms with Gasteiger partial charge in [-0.15, -0.1) is 11.3 Å². The van der Waals surface area contributed by atoms with Crippen molar-refractivity contribution in [1.29, 1.82) is 0 Å². The number of likely N-dealkylation sites (tertiary alicyclic amines) is 1. The first kappa shape index (κ1) is 16.2. The lowest BCUT2D eigenvalue weighted by molar-refractivity contribution is 0.0708. The molecule has 3 aromatic rings. The standard InChI is InChI=1S/C17H16ClN5OS/c18-11-1-2-13-12(9-11)22-16(25-13)10-3-7-23(8-4-10)17(24)14-15(19)21-6-5-20-14/h1-2,5-6,9-10H,3-4,7-8H2,(H2,19,21). The van der Waals surface area contributed by atoms with E-state index in [0.717, 1.165) is 28.1 Å². The molecule has 1 fully saturated rings. The molecule has 1 aliphatic heterocycles. The Labute approximate surface area is 153 Å². The average Bonchev–Trinajstić information content (AvgIpc) is 3.05. The summed E-state index contributed by atoms with van der Waals surface area (Å²) in [5, 5.41) is 1.81. The number of aromatic nitrogens is 3. The number of fused-ring (bicyclic) bond motifs is 1. The molecule has 1 aromatic carbocycles. The first-order valence-electron chi connectivity index (χ1n) is 8.03. The lowest BCUT2D eigenvalue weighted by atomic mass is 9.97. The fourth-order valence-corrected chi connectivity index (χ4v) is 4.37. The molecule has 1 aliphatic rings. The summed E-state index contributed by atoms with van der Waals surface area (Å²) in [6, 6.07) is 5.79. The number of carbonyl (C=O) groups is 1. The number of halogens is 1. The molecule has 1 amide bonds. The molecule has 0 radical (unpaired) electrons. The first-order valence-corrected chi connectivity index (χ1v) is 9.23. The molecule has 2 aromatic heterocycles. The second-order valence-electron chi connectivity index (χ2n) is 6.02. The number of thiazole rings is 1. The van der Waals surface area contributed by atoms with Crippen LogP contribution < -0.4 is 5.73 Å². The third-order valence-electron chi connectivity index (χ3n) is 4.43. The van der Waals surface area contributed by atoms with Gasteiger partial charge in [0.25, 0.3) is 5.91 Å². The highest BCUT2D eigenvalue weighted by molar-refractivity contribution is 7.18. The zero-order valence-corrected chi connectivity index (χ0v) is 14.9. The highest BCUT2D eigenvalue weighted by Crippen LogP contribution is 2.35. The Balaban J connectivity index is 1.47. The Morgan fingerprint density at radius 1 is 1.24 bits per heavy atom. The number of carbonyl (C=O) groups excluding carboxylic acids is 1. The molecule has 25 heavy (non-hydrogen) atoms. The van der Waals surface area contributed by atoms with Crippen molar-refractivity contribution in [2.45, 2.75) is 18.8 Å². The van der Waals surface area contributed by atoms with Crippen LogP contribution in [-0.2, 0) is 0 Å². The van der Waals surface area contributed by atoms with Gasteiger partial charge in [0.2, 0.25) is 0 Å². The minimum absolute atomic E-state index is 0.153. The minimum Gasteiger partial charge on any atom is -0.382 e. The van der Waals surface area contributed by atoms with E-state index in [-0.39, 0.29) is 17.4 Å².